The van der Waals surface area contributed by atoms with E-state index < -0.39 is 0 Å². The van der Waals surface area contributed by atoms with Gasteiger partial charge in [0.05, 0.1) is 31.7 Å². The van der Waals surface area contributed by atoms with E-state index in [1.54, 1.807) is 14.2 Å². The van der Waals surface area contributed by atoms with Gasteiger partial charge in [-0.25, -0.2) is 4.98 Å². The first-order valence-electron chi connectivity index (χ1n) is 16.7. The standard InChI is InChI=1S/C38H46N4O3/c1-27-39-35-11-7-8-12-36(35)42(27)32-24-30-13-14-31(25-32)41(30)20-17-38(29-9-5-4-6-10-29)15-18-40(19-16-38)37(43)23-28-21-33(44-2)26-34(22-28)45-3/h4-12,21-22,26,30-32H,13-20,23-25H2,1-3H3/t30-,31+,32+. The number of amides is 1. The number of aromatic nitrogens is 2. The Morgan fingerprint density at radius 3 is 2.18 bits per heavy atom. The number of para-hydroxylation sites is 2. The molecule has 3 fully saturated rings. The van der Waals surface area contributed by atoms with Crippen LogP contribution in [0, 0.1) is 6.92 Å². The number of fused-ring (bicyclic) bond motifs is 3. The Morgan fingerprint density at radius 2 is 1.51 bits per heavy atom. The second-order valence-electron chi connectivity index (χ2n) is 13.4. The van der Waals surface area contributed by atoms with Crippen LogP contribution in [0.3, 0.4) is 0 Å². The molecule has 4 aromatic rings. The Bertz CT molecular complexity index is 1610. The number of hydrogen-bond donors (Lipinski definition) is 0. The first kappa shape index (κ1) is 29.8. The lowest BCUT2D eigenvalue weighted by molar-refractivity contribution is -0.132. The van der Waals surface area contributed by atoms with Gasteiger partial charge in [-0.15, -0.1) is 0 Å². The highest BCUT2D eigenvalue weighted by Gasteiger charge is 2.44. The van der Waals surface area contributed by atoms with E-state index in [1.165, 1.54) is 36.8 Å². The van der Waals surface area contributed by atoms with Gasteiger partial charge in [0.2, 0.25) is 5.91 Å². The quantitative estimate of drug-likeness (QED) is 0.212. The number of carbonyl (C=O) groups excluding carboxylic acids is 1. The maximum atomic E-state index is 13.5. The number of aryl methyl sites for hydroxylation is 1. The lowest BCUT2D eigenvalue weighted by atomic mass is 9.70. The van der Waals surface area contributed by atoms with Crippen LogP contribution in [0.1, 0.15) is 67.9 Å². The smallest absolute Gasteiger partial charge is 0.226 e. The minimum Gasteiger partial charge on any atom is -0.497 e. The summed E-state index contributed by atoms with van der Waals surface area (Å²) in [4.78, 5) is 23.3. The number of carbonyl (C=O) groups is 1. The van der Waals surface area contributed by atoms with Gasteiger partial charge in [0, 0.05) is 37.3 Å². The van der Waals surface area contributed by atoms with Gasteiger partial charge in [0.15, 0.2) is 0 Å². The van der Waals surface area contributed by atoms with Crippen LogP contribution in [0.4, 0.5) is 0 Å². The first-order valence-corrected chi connectivity index (χ1v) is 16.7. The van der Waals surface area contributed by atoms with E-state index in [9.17, 15) is 4.79 Å². The average Bonchev–Trinajstić information content (AvgIpc) is 3.54. The van der Waals surface area contributed by atoms with Crippen molar-refractivity contribution in [3.05, 3.63) is 89.7 Å². The molecule has 3 aliphatic heterocycles. The molecule has 7 nitrogen and oxygen atoms in total. The summed E-state index contributed by atoms with van der Waals surface area (Å²) in [7, 11) is 3.29. The number of hydrogen-bond acceptors (Lipinski definition) is 5. The zero-order valence-corrected chi connectivity index (χ0v) is 27.0. The molecule has 0 aliphatic carbocycles. The predicted octanol–water partition coefficient (Wildman–Crippen LogP) is 6.72. The van der Waals surface area contributed by atoms with Gasteiger partial charge >= 0.3 is 0 Å². The highest BCUT2D eigenvalue weighted by atomic mass is 16.5. The number of nitrogens with zero attached hydrogens (tertiary/aromatic N) is 4. The number of ether oxygens (including phenoxy) is 2. The average molecular weight is 607 g/mol. The summed E-state index contributed by atoms with van der Waals surface area (Å²) >= 11 is 0. The van der Waals surface area contributed by atoms with Gasteiger partial charge in [-0.2, -0.15) is 0 Å². The molecule has 2 bridgehead atoms. The maximum Gasteiger partial charge on any atom is 0.226 e. The lowest BCUT2D eigenvalue weighted by Gasteiger charge is -2.45. The normalized spacial score (nSPS) is 22.9. The third-order valence-corrected chi connectivity index (χ3v) is 11.1. The van der Waals surface area contributed by atoms with Gasteiger partial charge in [0.1, 0.15) is 17.3 Å². The number of piperidine rings is 2. The van der Waals surface area contributed by atoms with Gasteiger partial charge in [-0.05, 0) is 99.2 Å². The van der Waals surface area contributed by atoms with Crippen LogP contribution in [0.15, 0.2) is 72.8 Å². The van der Waals surface area contributed by atoms with Crippen LogP contribution in [-0.2, 0) is 16.6 Å². The molecule has 236 valence electrons. The Hall–Kier alpha value is -3.84. The SMILES string of the molecule is COc1cc(CC(=O)N2CCC(CCN3[C@@H]4CC[C@H]3C[C@@H](n3c(C)nc5ccccc53)C4)(c3ccccc3)CC2)cc(OC)c1. The molecule has 1 amide bonds. The fourth-order valence-electron chi connectivity index (χ4n) is 8.70. The molecule has 1 aromatic heterocycles. The lowest BCUT2D eigenvalue weighted by Crippen LogP contribution is -2.49. The molecule has 4 heterocycles. The van der Waals surface area contributed by atoms with E-state index in [1.807, 2.05) is 18.2 Å². The molecule has 7 heteroatoms. The Kier molecular flexibility index (Phi) is 8.30. The molecule has 3 aromatic carbocycles. The van der Waals surface area contributed by atoms with Crippen molar-refractivity contribution in [1.29, 1.82) is 0 Å². The van der Waals surface area contributed by atoms with E-state index in [4.69, 9.17) is 14.5 Å². The molecule has 0 radical (unpaired) electrons. The van der Waals surface area contributed by atoms with E-state index in [0.29, 0.717) is 36.0 Å². The molecule has 0 N–H and O–H groups in total. The Balaban J connectivity index is 1.03. The van der Waals surface area contributed by atoms with Crippen LogP contribution in [0.25, 0.3) is 11.0 Å². The van der Waals surface area contributed by atoms with Crippen LogP contribution < -0.4 is 9.47 Å². The number of methoxy groups -OCH3 is 2. The van der Waals surface area contributed by atoms with Crippen molar-refractivity contribution in [2.45, 2.75) is 81.8 Å². The van der Waals surface area contributed by atoms with Crippen LogP contribution >= 0.6 is 0 Å². The predicted molar refractivity (Wildman–Crippen MR) is 178 cm³/mol. The molecular formula is C38H46N4O3. The molecule has 7 rings (SSSR count). The number of benzene rings is 3. The summed E-state index contributed by atoms with van der Waals surface area (Å²) < 4.78 is 13.4. The van der Waals surface area contributed by atoms with E-state index in [2.05, 4.69) is 75.9 Å². The number of rotatable bonds is 9. The Morgan fingerprint density at radius 1 is 0.867 bits per heavy atom. The fourth-order valence-corrected chi connectivity index (χ4v) is 8.70. The molecule has 45 heavy (non-hydrogen) atoms. The summed E-state index contributed by atoms with van der Waals surface area (Å²) in [6.45, 7) is 4.87. The summed E-state index contributed by atoms with van der Waals surface area (Å²) in [6.07, 6.45) is 8.48. The van der Waals surface area contributed by atoms with Gasteiger partial charge in [-0.3, -0.25) is 9.69 Å². The largest absolute Gasteiger partial charge is 0.497 e. The summed E-state index contributed by atoms with van der Waals surface area (Å²) in [5, 5.41) is 0. The molecule has 0 unspecified atom stereocenters. The van der Waals surface area contributed by atoms with Gasteiger partial charge < -0.3 is 18.9 Å². The Labute approximate surface area is 267 Å². The van der Waals surface area contributed by atoms with Crippen molar-refractivity contribution < 1.29 is 14.3 Å². The van der Waals surface area contributed by atoms with Crippen molar-refractivity contribution in [1.82, 2.24) is 19.4 Å². The van der Waals surface area contributed by atoms with Crippen LogP contribution in [-0.4, -0.2) is 71.2 Å². The molecule has 0 saturated carbocycles. The minimum absolute atomic E-state index is 0.0880. The van der Waals surface area contributed by atoms with Crippen molar-refractivity contribution in [3.8, 4) is 11.5 Å². The van der Waals surface area contributed by atoms with E-state index >= 15 is 0 Å². The van der Waals surface area contributed by atoms with Gasteiger partial charge in [0.25, 0.3) is 0 Å². The summed E-state index contributed by atoms with van der Waals surface area (Å²) in [5.74, 6) is 2.74. The summed E-state index contributed by atoms with van der Waals surface area (Å²) in [5.41, 5.74) is 4.83. The van der Waals surface area contributed by atoms with E-state index in [0.717, 1.165) is 55.8 Å². The minimum atomic E-state index is 0.0880. The fraction of sp³-hybridized carbons (Fsp3) is 0.474. The number of likely N-dealkylation sites (tertiary alicyclic amines) is 1. The third-order valence-electron chi connectivity index (χ3n) is 11.1. The molecular weight excluding hydrogens is 560 g/mol. The third kappa shape index (κ3) is 5.83. The molecule has 3 aliphatic rings. The maximum absolute atomic E-state index is 13.5. The van der Waals surface area contributed by atoms with Crippen molar-refractivity contribution in [2.75, 3.05) is 33.9 Å². The topological polar surface area (TPSA) is 59.8 Å². The second kappa shape index (κ2) is 12.5. The molecule has 0 spiro atoms. The zero-order valence-electron chi connectivity index (χ0n) is 27.0. The van der Waals surface area contributed by atoms with Gasteiger partial charge in [-0.1, -0.05) is 42.5 Å². The van der Waals surface area contributed by atoms with Crippen LogP contribution in [0.5, 0.6) is 11.5 Å². The molecule has 3 atom stereocenters. The van der Waals surface area contributed by atoms with Crippen LogP contribution in [0.2, 0.25) is 0 Å². The first-order chi connectivity index (χ1) is 22.0. The monoisotopic (exact) mass is 606 g/mol. The van der Waals surface area contributed by atoms with Crippen molar-refractivity contribution >= 4 is 16.9 Å². The number of imidazole rings is 1. The van der Waals surface area contributed by atoms with E-state index in [-0.39, 0.29) is 11.3 Å². The zero-order chi connectivity index (χ0) is 31.0. The summed E-state index contributed by atoms with van der Waals surface area (Å²) in [6, 6.07) is 27.2. The molecule has 3 saturated heterocycles. The van der Waals surface area contributed by atoms with Crippen molar-refractivity contribution in [2.24, 2.45) is 0 Å². The highest BCUT2D eigenvalue weighted by Crippen LogP contribution is 2.45. The highest BCUT2D eigenvalue weighted by molar-refractivity contribution is 5.79. The van der Waals surface area contributed by atoms with Crippen molar-refractivity contribution in [3.63, 3.8) is 0 Å². The second-order valence-corrected chi connectivity index (χ2v) is 13.4.